The molecule has 1 aromatic carbocycles. The van der Waals surface area contributed by atoms with Crippen molar-refractivity contribution in [1.29, 1.82) is 0 Å². The van der Waals surface area contributed by atoms with Crippen LogP contribution >= 0.6 is 0 Å². The van der Waals surface area contributed by atoms with Crippen LogP contribution in [0, 0.1) is 0 Å². The molecule has 34 heavy (non-hydrogen) atoms. The van der Waals surface area contributed by atoms with Gasteiger partial charge in [0.15, 0.2) is 11.4 Å². The number of halogens is 3. The predicted octanol–water partition coefficient (Wildman–Crippen LogP) is 3.99. The Kier molecular flexibility index (Phi) is 5.66. The maximum Gasteiger partial charge on any atom is 0.437 e. The number of benzene rings is 1. The van der Waals surface area contributed by atoms with E-state index in [9.17, 15) is 27.9 Å². The Morgan fingerprint density at radius 1 is 1.21 bits per heavy atom. The number of amides is 1. The van der Waals surface area contributed by atoms with E-state index in [0.717, 1.165) is 12.0 Å². The number of fused-ring (bicyclic) bond motifs is 3. The number of ether oxygens (including phenoxy) is 3. The summed E-state index contributed by atoms with van der Waals surface area (Å²) in [7, 11) is 1.14. The Hall–Kier alpha value is -3.08. The van der Waals surface area contributed by atoms with Gasteiger partial charge in [0.25, 0.3) is 0 Å². The molecule has 1 aromatic heterocycles. The molecular formula is C23H25F3N2O6. The first-order valence-electron chi connectivity index (χ1n) is 10.7. The number of carbonyl (C=O) groups excluding carboxylic acids is 2. The smallest absolute Gasteiger partial charge is 0.437 e. The fraction of sp³-hybridized carbons (Fsp3) is 0.522. The molecule has 2 aromatic rings. The van der Waals surface area contributed by atoms with Crippen molar-refractivity contribution >= 4 is 23.0 Å². The number of nitrogens with zero attached hydrogens (tertiary/aromatic N) is 2. The van der Waals surface area contributed by atoms with Crippen molar-refractivity contribution in [1.82, 2.24) is 9.88 Å². The second-order valence-electron chi connectivity index (χ2n) is 9.57. The van der Waals surface area contributed by atoms with Crippen molar-refractivity contribution in [3.63, 3.8) is 0 Å². The van der Waals surface area contributed by atoms with Crippen LogP contribution in [0.2, 0.25) is 0 Å². The molecular weight excluding hydrogens is 457 g/mol. The van der Waals surface area contributed by atoms with Crippen molar-refractivity contribution < 1.29 is 42.1 Å². The molecule has 0 saturated carbocycles. The summed E-state index contributed by atoms with van der Waals surface area (Å²) >= 11 is 0. The standard InChI is InChI=1S/C23H25F3N2O6/c1-21(2,3)34-20(31)28-11-22(9-14(28)19(30)32-4)10-15(29)16-12-7-5-6-8-13(12)27-18(17(16)33-22)23(24,25)26/h5-8,14-15,29H,9-11H2,1-4H3/t14-,15?,22?/m0/s1. The van der Waals surface area contributed by atoms with Crippen molar-refractivity contribution in [2.75, 3.05) is 13.7 Å². The summed E-state index contributed by atoms with van der Waals surface area (Å²) in [5.41, 5.74) is -3.58. The number of esters is 1. The maximum absolute atomic E-state index is 14.0. The minimum absolute atomic E-state index is 0.0195. The molecule has 4 rings (SSSR count). The lowest BCUT2D eigenvalue weighted by atomic mass is 9.85. The normalized spacial score (nSPS) is 24.6. The molecule has 3 heterocycles. The Morgan fingerprint density at radius 2 is 1.88 bits per heavy atom. The highest BCUT2D eigenvalue weighted by Gasteiger charge is 2.56. The van der Waals surface area contributed by atoms with Crippen molar-refractivity contribution in [3.05, 3.63) is 35.5 Å². The largest absolute Gasteiger partial charge is 0.483 e. The molecule has 1 spiro atoms. The number of likely N-dealkylation sites (tertiary alicyclic amines) is 1. The van der Waals surface area contributed by atoms with Crippen LogP contribution in [-0.4, -0.2) is 58.0 Å². The number of alkyl halides is 3. The van der Waals surface area contributed by atoms with Crippen LogP contribution in [0.15, 0.2) is 24.3 Å². The van der Waals surface area contributed by atoms with Gasteiger partial charge < -0.3 is 19.3 Å². The Bertz CT molecular complexity index is 1150. The van der Waals surface area contributed by atoms with E-state index in [1.165, 1.54) is 6.07 Å². The summed E-state index contributed by atoms with van der Waals surface area (Å²) in [5.74, 6) is -1.36. The number of carbonyl (C=O) groups is 2. The average molecular weight is 482 g/mol. The van der Waals surface area contributed by atoms with Crippen LogP contribution in [0.1, 0.15) is 51.0 Å². The summed E-state index contributed by atoms with van der Waals surface area (Å²) in [6, 6.07) is 5.01. The monoisotopic (exact) mass is 482 g/mol. The molecule has 184 valence electrons. The number of hydrogen-bond donors (Lipinski definition) is 1. The number of aliphatic hydroxyl groups excluding tert-OH is 1. The molecule has 0 radical (unpaired) electrons. The number of methoxy groups -OCH3 is 1. The third-order valence-corrected chi connectivity index (χ3v) is 5.87. The number of aliphatic hydroxyl groups is 1. The molecule has 1 N–H and O–H groups in total. The number of rotatable bonds is 1. The van der Waals surface area contributed by atoms with Crippen LogP contribution in [-0.2, 0) is 20.4 Å². The molecule has 1 amide bonds. The van der Waals surface area contributed by atoms with Gasteiger partial charge >= 0.3 is 18.2 Å². The van der Waals surface area contributed by atoms with E-state index in [2.05, 4.69) is 4.98 Å². The quantitative estimate of drug-likeness (QED) is 0.614. The zero-order chi connectivity index (χ0) is 25.1. The first-order valence-corrected chi connectivity index (χ1v) is 10.7. The van der Waals surface area contributed by atoms with Crippen LogP contribution in [0.4, 0.5) is 18.0 Å². The van der Waals surface area contributed by atoms with Crippen LogP contribution in [0.25, 0.3) is 10.9 Å². The first kappa shape index (κ1) is 24.1. The van der Waals surface area contributed by atoms with E-state index in [1.54, 1.807) is 39.0 Å². The minimum atomic E-state index is -4.86. The molecule has 1 fully saturated rings. The van der Waals surface area contributed by atoms with Gasteiger partial charge in [-0.3, -0.25) is 4.90 Å². The maximum atomic E-state index is 14.0. The van der Waals surface area contributed by atoms with Crippen LogP contribution in [0.3, 0.4) is 0 Å². The third-order valence-electron chi connectivity index (χ3n) is 5.87. The van der Waals surface area contributed by atoms with Gasteiger partial charge in [0.2, 0.25) is 0 Å². The summed E-state index contributed by atoms with van der Waals surface area (Å²) in [5, 5.41) is 11.4. The highest BCUT2D eigenvalue weighted by atomic mass is 19.4. The lowest BCUT2D eigenvalue weighted by molar-refractivity contribution is -0.147. The fourth-order valence-electron chi connectivity index (χ4n) is 4.59. The Labute approximate surface area is 193 Å². The van der Waals surface area contributed by atoms with Gasteiger partial charge in [-0.05, 0) is 26.8 Å². The number of pyridine rings is 1. The summed E-state index contributed by atoms with van der Waals surface area (Å²) < 4.78 is 58.1. The SMILES string of the molecule is COC(=O)[C@@H]1CC2(CC(O)c3c(c(C(F)(F)F)nc4ccccc34)O2)CN1C(=O)OC(C)(C)C. The predicted molar refractivity (Wildman–Crippen MR) is 113 cm³/mol. The second-order valence-corrected chi connectivity index (χ2v) is 9.57. The third kappa shape index (κ3) is 4.24. The van der Waals surface area contributed by atoms with Crippen LogP contribution < -0.4 is 4.74 Å². The van der Waals surface area contributed by atoms with Gasteiger partial charge in [0.1, 0.15) is 17.2 Å². The second kappa shape index (κ2) is 8.00. The Balaban J connectivity index is 1.81. The lowest BCUT2D eigenvalue weighted by Gasteiger charge is -2.39. The van der Waals surface area contributed by atoms with Gasteiger partial charge in [0.05, 0.1) is 25.3 Å². The van der Waals surface area contributed by atoms with Gasteiger partial charge in [-0.25, -0.2) is 14.6 Å². The lowest BCUT2D eigenvalue weighted by Crippen LogP contribution is -2.46. The number of aromatic nitrogens is 1. The zero-order valence-corrected chi connectivity index (χ0v) is 19.1. The van der Waals surface area contributed by atoms with Gasteiger partial charge in [-0.2, -0.15) is 13.2 Å². The molecule has 1 saturated heterocycles. The highest BCUT2D eigenvalue weighted by molar-refractivity contribution is 5.86. The van der Waals surface area contributed by atoms with Crippen molar-refractivity contribution in [2.24, 2.45) is 0 Å². The molecule has 0 bridgehead atoms. The van der Waals surface area contributed by atoms with Crippen molar-refractivity contribution in [2.45, 2.75) is 63.1 Å². The van der Waals surface area contributed by atoms with Crippen molar-refractivity contribution in [3.8, 4) is 5.75 Å². The van der Waals surface area contributed by atoms with Crippen LogP contribution in [0.5, 0.6) is 5.75 Å². The average Bonchev–Trinajstić information content (AvgIpc) is 3.09. The molecule has 11 heteroatoms. The molecule has 3 atom stereocenters. The minimum Gasteiger partial charge on any atom is -0.483 e. The molecule has 2 aliphatic heterocycles. The first-order chi connectivity index (χ1) is 15.7. The fourth-order valence-corrected chi connectivity index (χ4v) is 4.59. The van der Waals surface area contributed by atoms with E-state index in [-0.39, 0.29) is 30.5 Å². The van der Waals surface area contributed by atoms with Gasteiger partial charge in [0, 0.05) is 23.8 Å². The van der Waals surface area contributed by atoms with Gasteiger partial charge in [-0.1, -0.05) is 18.2 Å². The highest BCUT2D eigenvalue weighted by Crippen LogP contribution is 2.51. The molecule has 0 aliphatic carbocycles. The number of para-hydroxylation sites is 1. The number of hydrogen-bond acceptors (Lipinski definition) is 7. The summed E-state index contributed by atoms with van der Waals surface area (Å²) in [4.78, 5) is 30.1. The van der Waals surface area contributed by atoms with E-state index in [1.807, 2.05) is 0 Å². The van der Waals surface area contributed by atoms with E-state index in [0.29, 0.717) is 5.39 Å². The Morgan fingerprint density at radius 3 is 2.50 bits per heavy atom. The van der Waals surface area contributed by atoms with E-state index in [4.69, 9.17) is 14.2 Å². The summed E-state index contributed by atoms with van der Waals surface area (Å²) in [6.07, 6.45) is -7.37. The summed E-state index contributed by atoms with van der Waals surface area (Å²) in [6.45, 7) is 4.66. The molecule has 2 unspecified atom stereocenters. The van der Waals surface area contributed by atoms with E-state index < -0.39 is 53.0 Å². The molecule has 8 nitrogen and oxygen atoms in total. The van der Waals surface area contributed by atoms with Gasteiger partial charge in [-0.15, -0.1) is 0 Å². The topological polar surface area (TPSA) is 98.2 Å². The molecule has 2 aliphatic rings. The zero-order valence-electron chi connectivity index (χ0n) is 19.1. The van der Waals surface area contributed by atoms with E-state index >= 15 is 0 Å².